The number of carbonyl (C=O) groups excluding carboxylic acids is 1. The van der Waals surface area contributed by atoms with Crippen molar-refractivity contribution in [2.45, 2.75) is 12.8 Å². The van der Waals surface area contributed by atoms with Gasteiger partial charge in [0.25, 0.3) is 5.91 Å². The average molecular weight is 430 g/mol. The van der Waals surface area contributed by atoms with Crippen LogP contribution in [0, 0.1) is 0 Å². The van der Waals surface area contributed by atoms with Crippen LogP contribution in [0.5, 0.6) is 5.75 Å². The van der Waals surface area contributed by atoms with Gasteiger partial charge in [-0.15, -0.1) is 0 Å². The number of para-hydroxylation sites is 1. The van der Waals surface area contributed by atoms with Crippen LogP contribution in [-0.4, -0.2) is 5.91 Å². The van der Waals surface area contributed by atoms with Gasteiger partial charge in [-0.2, -0.15) is 13.2 Å². The van der Waals surface area contributed by atoms with E-state index in [1.54, 1.807) is 12.1 Å². The van der Waals surface area contributed by atoms with Crippen LogP contribution in [0.1, 0.15) is 21.9 Å². The van der Waals surface area contributed by atoms with Crippen molar-refractivity contribution in [3.05, 3.63) is 81.7 Å². The van der Waals surface area contributed by atoms with Crippen LogP contribution in [0.25, 0.3) is 0 Å². The molecule has 1 N–H and O–H groups in total. The molecule has 0 saturated heterocycles. The van der Waals surface area contributed by atoms with Crippen LogP contribution in [0.15, 0.2) is 59.0 Å². The molecule has 0 spiro atoms. The fourth-order valence-corrected chi connectivity index (χ4v) is 2.67. The van der Waals surface area contributed by atoms with Gasteiger partial charge in [0, 0.05) is 11.1 Å². The third-order valence-electron chi connectivity index (χ3n) is 3.63. The third-order valence-corrected chi connectivity index (χ3v) is 4.18. The molecule has 1 aromatic heterocycles. The summed E-state index contributed by atoms with van der Waals surface area (Å²) in [7, 11) is 0. The van der Waals surface area contributed by atoms with Gasteiger partial charge in [0.1, 0.15) is 18.1 Å². The summed E-state index contributed by atoms with van der Waals surface area (Å²) in [6.07, 6.45) is -4.59. The second-order valence-electron chi connectivity index (χ2n) is 5.63. The highest BCUT2D eigenvalue weighted by Gasteiger charge is 2.33. The molecule has 9 heteroatoms. The molecule has 4 nitrogen and oxygen atoms in total. The van der Waals surface area contributed by atoms with E-state index in [0.717, 1.165) is 12.1 Å². The lowest BCUT2D eigenvalue weighted by atomic mass is 10.1. The van der Waals surface area contributed by atoms with E-state index < -0.39 is 17.6 Å². The van der Waals surface area contributed by atoms with Crippen molar-refractivity contribution in [3.63, 3.8) is 0 Å². The molecule has 2 aromatic carbocycles. The first-order valence-electron chi connectivity index (χ1n) is 7.88. The number of nitrogens with one attached hydrogen (secondary N) is 1. The topological polar surface area (TPSA) is 51.5 Å². The molecule has 0 saturated carbocycles. The van der Waals surface area contributed by atoms with Gasteiger partial charge in [0.05, 0.1) is 16.3 Å². The summed E-state index contributed by atoms with van der Waals surface area (Å²) >= 11 is 11.9. The standard InChI is InChI=1S/C19H12Cl2F3NO3/c20-11-5-7-14(21)17(9-11)27-10-12-6-8-16(28-12)18(26)25-15-4-2-1-3-13(15)19(22,23)24/h1-9H,10H2,(H,25,26). The van der Waals surface area contributed by atoms with Crippen LogP contribution >= 0.6 is 23.2 Å². The molecule has 0 aliphatic heterocycles. The van der Waals surface area contributed by atoms with Gasteiger partial charge in [0.15, 0.2) is 5.76 Å². The summed E-state index contributed by atoms with van der Waals surface area (Å²) in [5.41, 5.74) is -1.31. The molecule has 0 aliphatic rings. The fourth-order valence-electron chi connectivity index (χ4n) is 2.34. The second-order valence-corrected chi connectivity index (χ2v) is 6.47. The largest absolute Gasteiger partial charge is 0.484 e. The second kappa shape index (κ2) is 8.16. The number of benzene rings is 2. The maximum absolute atomic E-state index is 13.0. The van der Waals surface area contributed by atoms with Crippen LogP contribution in [-0.2, 0) is 12.8 Å². The van der Waals surface area contributed by atoms with Gasteiger partial charge >= 0.3 is 6.18 Å². The molecule has 0 fully saturated rings. The van der Waals surface area contributed by atoms with Crippen LogP contribution in [0.3, 0.4) is 0 Å². The molecule has 28 heavy (non-hydrogen) atoms. The number of rotatable bonds is 5. The van der Waals surface area contributed by atoms with E-state index in [4.69, 9.17) is 32.4 Å². The van der Waals surface area contributed by atoms with E-state index in [1.807, 2.05) is 0 Å². The number of alkyl halides is 3. The van der Waals surface area contributed by atoms with Crippen molar-refractivity contribution in [1.29, 1.82) is 0 Å². The van der Waals surface area contributed by atoms with E-state index >= 15 is 0 Å². The molecule has 3 rings (SSSR count). The Morgan fingerprint density at radius 2 is 1.82 bits per heavy atom. The Labute approximate surface area is 167 Å². The summed E-state index contributed by atoms with van der Waals surface area (Å²) in [5, 5.41) is 2.98. The van der Waals surface area contributed by atoms with Gasteiger partial charge in [-0.3, -0.25) is 4.79 Å². The molecule has 146 valence electrons. The van der Waals surface area contributed by atoms with E-state index in [0.29, 0.717) is 15.8 Å². The molecule has 0 unspecified atom stereocenters. The Kier molecular flexibility index (Phi) is 5.86. The van der Waals surface area contributed by atoms with E-state index in [2.05, 4.69) is 5.32 Å². The third kappa shape index (κ3) is 4.79. The molecule has 1 amide bonds. The number of carbonyl (C=O) groups is 1. The van der Waals surface area contributed by atoms with Crippen molar-refractivity contribution in [2.75, 3.05) is 5.32 Å². The first-order chi connectivity index (χ1) is 13.2. The van der Waals surface area contributed by atoms with Crippen LogP contribution < -0.4 is 10.1 Å². The van der Waals surface area contributed by atoms with Crippen LogP contribution in [0.4, 0.5) is 18.9 Å². The lowest BCUT2D eigenvalue weighted by Gasteiger charge is -2.12. The molecule has 0 bridgehead atoms. The number of hydrogen-bond donors (Lipinski definition) is 1. The first-order valence-corrected chi connectivity index (χ1v) is 8.64. The maximum Gasteiger partial charge on any atom is 0.418 e. The summed E-state index contributed by atoms with van der Waals surface area (Å²) in [6.45, 7) is -0.0491. The zero-order valence-electron chi connectivity index (χ0n) is 14.0. The highest BCUT2D eigenvalue weighted by Crippen LogP contribution is 2.35. The van der Waals surface area contributed by atoms with E-state index in [9.17, 15) is 18.0 Å². The molecule has 0 radical (unpaired) electrons. The number of furan rings is 1. The monoisotopic (exact) mass is 429 g/mol. The first kappa shape index (κ1) is 20.1. The minimum absolute atomic E-state index is 0.0491. The quantitative estimate of drug-likeness (QED) is 0.507. The van der Waals surface area contributed by atoms with Gasteiger partial charge in [-0.25, -0.2) is 0 Å². The van der Waals surface area contributed by atoms with Crippen molar-refractivity contribution in [3.8, 4) is 5.75 Å². The zero-order valence-corrected chi connectivity index (χ0v) is 15.5. The smallest absolute Gasteiger partial charge is 0.418 e. The predicted molar refractivity (Wildman–Crippen MR) is 98.9 cm³/mol. The van der Waals surface area contributed by atoms with Crippen molar-refractivity contribution in [1.82, 2.24) is 0 Å². The number of amides is 1. The number of hydrogen-bond acceptors (Lipinski definition) is 3. The molecule has 1 heterocycles. The van der Waals surface area contributed by atoms with E-state index in [1.165, 1.54) is 30.3 Å². The lowest BCUT2D eigenvalue weighted by Crippen LogP contribution is -2.16. The molecule has 0 atom stereocenters. The maximum atomic E-state index is 13.0. The highest BCUT2D eigenvalue weighted by molar-refractivity contribution is 6.34. The van der Waals surface area contributed by atoms with Crippen LogP contribution in [0.2, 0.25) is 10.0 Å². The summed E-state index contributed by atoms with van der Waals surface area (Å²) in [4.78, 5) is 12.2. The number of anilines is 1. The Bertz CT molecular complexity index is 1000. The molecular weight excluding hydrogens is 418 g/mol. The minimum atomic E-state index is -4.59. The van der Waals surface area contributed by atoms with Crippen molar-refractivity contribution < 1.29 is 27.1 Å². The van der Waals surface area contributed by atoms with Gasteiger partial charge in [-0.05, 0) is 36.4 Å². The molecular formula is C19H12Cl2F3NO3. The zero-order chi connectivity index (χ0) is 20.3. The average Bonchev–Trinajstić information content (AvgIpc) is 3.11. The Balaban J connectivity index is 1.69. The molecule has 0 aliphatic carbocycles. The number of halogens is 5. The predicted octanol–water partition coefficient (Wildman–Crippen LogP) is 6.44. The number of ether oxygens (including phenoxy) is 1. The van der Waals surface area contributed by atoms with Gasteiger partial charge in [0.2, 0.25) is 0 Å². The van der Waals surface area contributed by atoms with E-state index in [-0.39, 0.29) is 23.8 Å². The lowest BCUT2D eigenvalue weighted by molar-refractivity contribution is -0.136. The normalized spacial score (nSPS) is 11.3. The molecule has 3 aromatic rings. The van der Waals surface area contributed by atoms with Crippen molar-refractivity contribution >= 4 is 34.8 Å². The SMILES string of the molecule is O=C(Nc1ccccc1C(F)(F)F)c1ccc(COc2cc(Cl)ccc2Cl)o1. The Morgan fingerprint density at radius 3 is 2.57 bits per heavy atom. The van der Waals surface area contributed by atoms with Gasteiger partial charge in [-0.1, -0.05) is 35.3 Å². The fraction of sp³-hybridized carbons (Fsp3) is 0.105. The summed E-state index contributed by atoms with van der Waals surface area (Å²) < 4.78 is 49.9. The summed E-state index contributed by atoms with van der Waals surface area (Å²) in [5.74, 6) is -0.363. The van der Waals surface area contributed by atoms with Gasteiger partial charge < -0.3 is 14.5 Å². The van der Waals surface area contributed by atoms with Crippen molar-refractivity contribution in [2.24, 2.45) is 0 Å². The Morgan fingerprint density at radius 1 is 1.07 bits per heavy atom. The Hall–Kier alpha value is -2.64. The summed E-state index contributed by atoms with van der Waals surface area (Å²) in [6, 6.07) is 12.2. The highest BCUT2D eigenvalue weighted by atomic mass is 35.5. The minimum Gasteiger partial charge on any atom is -0.484 e.